The first kappa shape index (κ1) is 18.1. The summed E-state index contributed by atoms with van der Waals surface area (Å²) in [5.74, 6) is 0.236. The molecule has 2 N–H and O–H groups in total. The molecule has 0 unspecified atom stereocenters. The predicted molar refractivity (Wildman–Crippen MR) is 110 cm³/mol. The van der Waals surface area contributed by atoms with Crippen LogP contribution in [0.25, 0.3) is 22.1 Å². The normalized spacial score (nSPS) is 11.0. The molecule has 0 bridgehead atoms. The lowest BCUT2D eigenvalue weighted by Crippen LogP contribution is -2.04. The molecular formula is C22H17ClN2O3. The molecule has 2 heterocycles. The first-order valence-electron chi connectivity index (χ1n) is 8.62. The molecule has 0 aliphatic heterocycles. The molecule has 0 saturated carbocycles. The highest BCUT2D eigenvalue weighted by molar-refractivity contribution is 6.35. The number of ketones is 1. The maximum absolute atomic E-state index is 12.9. The van der Waals surface area contributed by atoms with Gasteiger partial charge in [-0.05, 0) is 54.4 Å². The van der Waals surface area contributed by atoms with Gasteiger partial charge in [0, 0.05) is 22.7 Å². The number of fused-ring (bicyclic) bond motifs is 1. The molecule has 2 aromatic carbocycles. The summed E-state index contributed by atoms with van der Waals surface area (Å²) in [7, 11) is 1.57. The number of carbonyl (C=O) groups is 1. The summed E-state index contributed by atoms with van der Waals surface area (Å²) in [6.07, 6.45) is 1.66. The van der Waals surface area contributed by atoms with Crippen molar-refractivity contribution in [1.82, 2.24) is 4.98 Å². The van der Waals surface area contributed by atoms with Crippen molar-refractivity contribution >= 4 is 34.0 Å². The van der Waals surface area contributed by atoms with E-state index in [9.17, 15) is 4.79 Å². The first-order chi connectivity index (χ1) is 13.5. The van der Waals surface area contributed by atoms with Crippen molar-refractivity contribution in [2.75, 3.05) is 12.8 Å². The van der Waals surface area contributed by atoms with Gasteiger partial charge in [0.25, 0.3) is 0 Å². The number of anilines is 1. The summed E-state index contributed by atoms with van der Waals surface area (Å²) in [5.41, 5.74) is 9.99. The van der Waals surface area contributed by atoms with Crippen LogP contribution in [-0.4, -0.2) is 17.9 Å². The Bertz CT molecular complexity index is 1210. The molecule has 0 aliphatic rings. The second-order valence-corrected chi connectivity index (χ2v) is 6.84. The number of hydrogen-bond acceptors (Lipinski definition) is 5. The molecule has 0 saturated heterocycles. The Morgan fingerprint density at radius 3 is 2.75 bits per heavy atom. The maximum atomic E-state index is 12.9. The smallest absolute Gasteiger partial charge is 0.231 e. The summed E-state index contributed by atoms with van der Waals surface area (Å²) < 4.78 is 11.2. The van der Waals surface area contributed by atoms with Gasteiger partial charge in [-0.25, -0.2) is 4.98 Å². The van der Waals surface area contributed by atoms with Gasteiger partial charge in [-0.1, -0.05) is 23.7 Å². The van der Waals surface area contributed by atoms with Gasteiger partial charge in [0.15, 0.2) is 5.76 Å². The number of nitrogens with two attached hydrogens (primary N) is 1. The van der Waals surface area contributed by atoms with E-state index in [1.165, 1.54) is 0 Å². The van der Waals surface area contributed by atoms with Crippen molar-refractivity contribution in [2.45, 2.75) is 6.92 Å². The van der Waals surface area contributed by atoms with Gasteiger partial charge in [-0.3, -0.25) is 4.79 Å². The SMILES string of the molecule is COc1ncccc1-c1ccc2c(N)c(C(=O)c3ccc(C)cc3Cl)oc2c1. The first-order valence-corrected chi connectivity index (χ1v) is 8.99. The molecule has 2 aromatic heterocycles. The average molecular weight is 393 g/mol. The monoisotopic (exact) mass is 392 g/mol. The van der Waals surface area contributed by atoms with Crippen molar-refractivity contribution < 1.29 is 13.9 Å². The molecule has 0 atom stereocenters. The summed E-state index contributed by atoms with van der Waals surface area (Å²) in [6, 6.07) is 14.5. The van der Waals surface area contributed by atoms with Crippen molar-refractivity contribution in [3.63, 3.8) is 0 Å². The van der Waals surface area contributed by atoms with Crippen LogP contribution < -0.4 is 10.5 Å². The largest absolute Gasteiger partial charge is 0.481 e. The Morgan fingerprint density at radius 1 is 1.18 bits per heavy atom. The molecule has 0 aliphatic carbocycles. The minimum Gasteiger partial charge on any atom is -0.481 e. The van der Waals surface area contributed by atoms with Crippen LogP contribution in [0.1, 0.15) is 21.7 Å². The van der Waals surface area contributed by atoms with Crippen LogP contribution in [-0.2, 0) is 0 Å². The fraction of sp³-hybridized carbons (Fsp3) is 0.0909. The van der Waals surface area contributed by atoms with Gasteiger partial charge in [0.05, 0.1) is 17.8 Å². The third kappa shape index (κ3) is 3.00. The van der Waals surface area contributed by atoms with Crippen LogP contribution in [0.3, 0.4) is 0 Å². The number of hydrogen-bond donors (Lipinski definition) is 1. The topological polar surface area (TPSA) is 78.4 Å². The highest BCUT2D eigenvalue weighted by Gasteiger charge is 2.22. The number of rotatable bonds is 4. The number of aromatic nitrogens is 1. The van der Waals surface area contributed by atoms with E-state index >= 15 is 0 Å². The molecule has 4 rings (SSSR count). The number of methoxy groups -OCH3 is 1. The minimum atomic E-state index is -0.348. The van der Waals surface area contributed by atoms with Gasteiger partial charge in [-0.2, -0.15) is 0 Å². The van der Waals surface area contributed by atoms with Gasteiger partial charge >= 0.3 is 0 Å². The van der Waals surface area contributed by atoms with Crippen LogP contribution in [0.4, 0.5) is 5.69 Å². The Balaban J connectivity index is 1.82. The van der Waals surface area contributed by atoms with Crippen LogP contribution >= 0.6 is 11.6 Å². The fourth-order valence-corrected chi connectivity index (χ4v) is 3.47. The van der Waals surface area contributed by atoms with E-state index in [0.29, 0.717) is 33.1 Å². The third-order valence-electron chi connectivity index (χ3n) is 4.58. The number of halogens is 1. The Hall–Kier alpha value is -3.31. The Labute approximate surface area is 166 Å². The van der Waals surface area contributed by atoms with Crippen molar-refractivity contribution in [3.05, 3.63) is 76.6 Å². The molecule has 6 heteroatoms. The van der Waals surface area contributed by atoms with Gasteiger partial charge in [0.1, 0.15) is 5.58 Å². The molecular weight excluding hydrogens is 376 g/mol. The maximum Gasteiger partial charge on any atom is 0.231 e. The van der Waals surface area contributed by atoms with E-state index in [1.54, 1.807) is 25.4 Å². The van der Waals surface area contributed by atoms with E-state index in [0.717, 1.165) is 16.7 Å². The van der Waals surface area contributed by atoms with Gasteiger partial charge in [0.2, 0.25) is 11.7 Å². The van der Waals surface area contributed by atoms with E-state index < -0.39 is 0 Å². The third-order valence-corrected chi connectivity index (χ3v) is 4.89. The van der Waals surface area contributed by atoms with Crippen LogP contribution in [0, 0.1) is 6.92 Å². The summed E-state index contributed by atoms with van der Waals surface area (Å²) >= 11 is 6.24. The van der Waals surface area contributed by atoms with E-state index in [-0.39, 0.29) is 11.5 Å². The summed E-state index contributed by atoms with van der Waals surface area (Å²) in [4.78, 5) is 17.2. The number of nitrogens with zero attached hydrogens (tertiary/aromatic N) is 1. The number of furan rings is 1. The highest BCUT2D eigenvalue weighted by Crippen LogP contribution is 2.36. The fourth-order valence-electron chi connectivity index (χ4n) is 3.15. The highest BCUT2D eigenvalue weighted by atomic mass is 35.5. The zero-order valence-corrected chi connectivity index (χ0v) is 16.1. The molecule has 0 spiro atoms. The zero-order valence-electron chi connectivity index (χ0n) is 15.3. The molecule has 140 valence electrons. The Kier molecular flexibility index (Phi) is 4.53. The minimum absolute atomic E-state index is 0.0797. The average Bonchev–Trinajstić information content (AvgIpc) is 3.03. The van der Waals surface area contributed by atoms with Crippen LogP contribution in [0.15, 0.2) is 59.1 Å². The number of pyridine rings is 1. The molecule has 0 fully saturated rings. The standard InChI is InChI=1S/C22H17ClN2O3/c1-12-5-7-15(17(23)10-12)20(26)21-19(24)16-8-6-13(11-18(16)28-21)14-4-3-9-25-22(14)27-2/h3-11H,24H2,1-2H3. The number of ether oxygens (including phenoxy) is 1. The van der Waals surface area contributed by atoms with Gasteiger partial charge in [-0.15, -0.1) is 0 Å². The Morgan fingerprint density at radius 2 is 2.00 bits per heavy atom. The second-order valence-electron chi connectivity index (χ2n) is 6.43. The lowest BCUT2D eigenvalue weighted by atomic mass is 10.0. The zero-order chi connectivity index (χ0) is 19.8. The predicted octanol–water partition coefficient (Wildman–Crippen LogP) is 5.28. The van der Waals surface area contributed by atoms with Crippen molar-refractivity contribution in [3.8, 4) is 17.0 Å². The molecule has 0 amide bonds. The van der Waals surface area contributed by atoms with Crippen molar-refractivity contribution in [2.24, 2.45) is 0 Å². The number of carbonyl (C=O) groups excluding carboxylic acids is 1. The molecule has 4 aromatic rings. The van der Waals surface area contributed by atoms with Crippen LogP contribution in [0.5, 0.6) is 5.88 Å². The summed E-state index contributed by atoms with van der Waals surface area (Å²) in [6.45, 7) is 1.91. The van der Waals surface area contributed by atoms with E-state index in [2.05, 4.69) is 4.98 Å². The second kappa shape index (κ2) is 7.02. The summed E-state index contributed by atoms with van der Waals surface area (Å²) in [5, 5.41) is 1.03. The number of nitrogen functional groups attached to an aromatic ring is 1. The lowest BCUT2D eigenvalue weighted by Gasteiger charge is -2.06. The quantitative estimate of drug-likeness (QED) is 0.478. The van der Waals surface area contributed by atoms with E-state index in [1.807, 2.05) is 43.3 Å². The molecule has 5 nitrogen and oxygen atoms in total. The van der Waals surface area contributed by atoms with E-state index in [4.69, 9.17) is 26.5 Å². The molecule has 0 radical (unpaired) electrons. The van der Waals surface area contributed by atoms with Crippen molar-refractivity contribution in [1.29, 1.82) is 0 Å². The number of aryl methyl sites for hydroxylation is 1. The number of benzene rings is 2. The van der Waals surface area contributed by atoms with Gasteiger partial charge < -0.3 is 14.9 Å². The molecule has 28 heavy (non-hydrogen) atoms. The lowest BCUT2D eigenvalue weighted by molar-refractivity contribution is 0.101. The van der Waals surface area contributed by atoms with Crippen LogP contribution in [0.2, 0.25) is 5.02 Å².